The molecule has 0 radical (unpaired) electrons. The number of unbranched alkanes of at least 4 members (excludes halogenated alkanes) is 6. The molecule has 1 aliphatic heterocycles. The largest absolute Gasteiger partial charge is 0.413 e. The molecule has 6 heteroatoms. The van der Waals surface area contributed by atoms with E-state index in [1.54, 1.807) is 0 Å². The summed E-state index contributed by atoms with van der Waals surface area (Å²) in [6.07, 6.45) is 6.72. The number of allylic oxidation sites excluding steroid dienone is 1. The van der Waals surface area contributed by atoms with Gasteiger partial charge in [0.25, 0.3) is 0 Å². The molecule has 1 fully saturated rings. The molecule has 2 N–H and O–H groups in total. The van der Waals surface area contributed by atoms with Crippen LogP contribution in [0.2, 0.25) is 16.6 Å². The van der Waals surface area contributed by atoms with Gasteiger partial charge in [0.15, 0.2) is 14.6 Å². The summed E-state index contributed by atoms with van der Waals surface area (Å²) in [5.41, 5.74) is 1.39. The van der Waals surface area contributed by atoms with Crippen LogP contribution in [0.15, 0.2) is 12.7 Å². The maximum absolute atomic E-state index is 10.5. The van der Waals surface area contributed by atoms with Crippen LogP contribution in [-0.2, 0) is 13.9 Å². The van der Waals surface area contributed by atoms with Crippen LogP contribution >= 0.6 is 0 Å². The van der Waals surface area contributed by atoms with Crippen LogP contribution in [0.5, 0.6) is 0 Å². The van der Waals surface area contributed by atoms with Crippen LogP contribution in [-0.4, -0.2) is 56.3 Å². The van der Waals surface area contributed by atoms with Gasteiger partial charge < -0.3 is 24.1 Å². The lowest BCUT2D eigenvalue weighted by molar-refractivity contribution is -0.169. The number of rotatable bonds is 16. The Balaban J connectivity index is 2.41. The smallest absolute Gasteiger partial charge is 0.200 e. The van der Waals surface area contributed by atoms with Gasteiger partial charge in [0.1, 0.15) is 18.3 Å². The fourth-order valence-corrected chi connectivity index (χ4v) is 10.5. The zero-order valence-electron chi connectivity index (χ0n) is 20.3. The Morgan fingerprint density at radius 2 is 1.40 bits per heavy atom. The van der Waals surface area contributed by atoms with Crippen molar-refractivity contribution < 1.29 is 24.1 Å². The monoisotopic (exact) mass is 444 g/mol. The first-order valence-corrected chi connectivity index (χ1v) is 14.2. The Labute approximate surface area is 186 Å². The van der Waals surface area contributed by atoms with Gasteiger partial charge in [-0.25, -0.2) is 0 Å². The predicted molar refractivity (Wildman–Crippen MR) is 126 cm³/mol. The lowest BCUT2D eigenvalue weighted by Gasteiger charge is -2.42. The van der Waals surface area contributed by atoms with Gasteiger partial charge in [-0.3, -0.25) is 0 Å². The quantitative estimate of drug-likeness (QED) is 0.185. The zero-order valence-corrected chi connectivity index (χ0v) is 21.3. The fraction of sp³-hybridized carbons (Fsp3) is 0.917. The predicted octanol–water partition coefficient (Wildman–Crippen LogP) is 5.56. The van der Waals surface area contributed by atoms with Crippen molar-refractivity contribution in [3.05, 3.63) is 12.7 Å². The lowest BCUT2D eigenvalue weighted by atomic mass is 10.1. The van der Waals surface area contributed by atoms with Gasteiger partial charge in [0.05, 0.1) is 6.61 Å². The van der Waals surface area contributed by atoms with E-state index in [0.29, 0.717) is 29.8 Å². The van der Waals surface area contributed by atoms with E-state index in [0.717, 1.165) is 19.3 Å². The van der Waals surface area contributed by atoms with E-state index < -0.39 is 32.9 Å². The molecule has 0 aromatic heterocycles. The second-order valence-electron chi connectivity index (χ2n) is 9.72. The molecule has 1 saturated heterocycles. The molecule has 4 atom stereocenters. The molecule has 178 valence electrons. The van der Waals surface area contributed by atoms with Crippen molar-refractivity contribution >= 4 is 8.32 Å². The summed E-state index contributed by atoms with van der Waals surface area (Å²) < 4.78 is 18.1. The van der Waals surface area contributed by atoms with Crippen LogP contribution < -0.4 is 0 Å². The summed E-state index contributed by atoms with van der Waals surface area (Å²) in [4.78, 5) is 0. The molecule has 0 unspecified atom stereocenters. The molecule has 0 aromatic rings. The van der Waals surface area contributed by atoms with Crippen molar-refractivity contribution in [2.45, 2.75) is 128 Å². The number of aliphatic hydroxyl groups excluding tert-OH is 2. The molecule has 0 aromatic carbocycles. The van der Waals surface area contributed by atoms with Crippen molar-refractivity contribution in [3.8, 4) is 0 Å². The summed E-state index contributed by atoms with van der Waals surface area (Å²) in [7, 11) is -2.04. The van der Waals surface area contributed by atoms with Gasteiger partial charge in [-0.1, -0.05) is 73.3 Å². The van der Waals surface area contributed by atoms with E-state index in [2.05, 4.69) is 48.1 Å². The molecule has 0 bridgehead atoms. The highest BCUT2D eigenvalue weighted by Gasteiger charge is 2.48. The highest BCUT2D eigenvalue weighted by molar-refractivity contribution is 6.77. The molecule has 1 aliphatic rings. The van der Waals surface area contributed by atoms with Crippen molar-refractivity contribution in [2.24, 2.45) is 0 Å². The third kappa shape index (κ3) is 7.71. The van der Waals surface area contributed by atoms with Crippen molar-refractivity contribution in [1.82, 2.24) is 0 Å². The minimum absolute atomic E-state index is 0.309. The molecule has 1 rings (SSSR count). The van der Waals surface area contributed by atoms with E-state index in [1.807, 2.05) is 6.08 Å². The first-order chi connectivity index (χ1) is 14.2. The number of hydrogen-bond donors (Lipinski definition) is 2. The average molecular weight is 445 g/mol. The summed E-state index contributed by atoms with van der Waals surface area (Å²) in [6, 6.07) is 0. The summed E-state index contributed by atoms with van der Waals surface area (Å²) >= 11 is 0. The zero-order chi connectivity index (χ0) is 22.7. The molecule has 0 saturated carbocycles. The minimum Gasteiger partial charge on any atom is -0.413 e. The topological polar surface area (TPSA) is 68.2 Å². The molecular weight excluding hydrogens is 396 g/mol. The lowest BCUT2D eigenvalue weighted by Crippen LogP contribution is -2.50. The molecule has 30 heavy (non-hydrogen) atoms. The molecule has 5 nitrogen and oxygen atoms in total. The molecular formula is C24H48O5Si. The fourth-order valence-electron chi connectivity index (χ4n) is 5.01. The molecule has 0 aliphatic carbocycles. The van der Waals surface area contributed by atoms with E-state index in [9.17, 15) is 10.2 Å². The highest BCUT2D eigenvalue weighted by atomic mass is 28.4. The first-order valence-electron chi connectivity index (χ1n) is 12.1. The minimum atomic E-state index is -2.04. The molecule has 0 amide bonds. The van der Waals surface area contributed by atoms with E-state index in [1.165, 1.54) is 25.7 Å². The van der Waals surface area contributed by atoms with Gasteiger partial charge in [-0.05, 0) is 35.9 Å². The van der Waals surface area contributed by atoms with Crippen LogP contribution in [0, 0.1) is 0 Å². The van der Waals surface area contributed by atoms with Gasteiger partial charge in [-0.15, -0.1) is 6.58 Å². The Morgan fingerprint density at radius 3 is 1.93 bits per heavy atom. The van der Waals surface area contributed by atoms with Gasteiger partial charge >= 0.3 is 0 Å². The van der Waals surface area contributed by atoms with E-state index in [4.69, 9.17) is 13.9 Å². The summed E-state index contributed by atoms with van der Waals surface area (Å²) in [5.74, 6) is 0. The van der Waals surface area contributed by atoms with Crippen LogP contribution in [0.3, 0.4) is 0 Å². The Kier molecular flexibility index (Phi) is 13.0. The Bertz CT molecular complexity index is 447. The Hall–Kier alpha value is -0.243. The van der Waals surface area contributed by atoms with Crippen molar-refractivity contribution in [1.29, 1.82) is 0 Å². The second-order valence-corrected chi connectivity index (χ2v) is 15.2. The van der Waals surface area contributed by atoms with E-state index >= 15 is 0 Å². The molecule has 0 spiro atoms. The first kappa shape index (κ1) is 27.8. The average Bonchev–Trinajstić information content (AvgIpc) is 2.94. The number of hydrogen-bond acceptors (Lipinski definition) is 5. The maximum atomic E-state index is 10.5. The SMILES string of the molecule is C=CCCCCCCCCO[C@@H]1O[C@H](CO[Si](C(C)C)(C(C)C)C(C)C)[C@@H](O)[C@H]1O. The highest BCUT2D eigenvalue weighted by Crippen LogP contribution is 2.42. The third-order valence-corrected chi connectivity index (χ3v) is 12.7. The van der Waals surface area contributed by atoms with Crippen LogP contribution in [0.25, 0.3) is 0 Å². The van der Waals surface area contributed by atoms with Crippen molar-refractivity contribution in [2.75, 3.05) is 13.2 Å². The van der Waals surface area contributed by atoms with E-state index in [-0.39, 0.29) is 0 Å². The number of ether oxygens (including phenoxy) is 2. The molecule has 1 heterocycles. The third-order valence-electron chi connectivity index (χ3n) is 6.61. The normalized spacial score (nSPS) is 25.0. The second kappa shape index (κ2) is 14.0. The van der Waals surface area contributed by atoms with Gasteiger partial charge in [0.2, 0.25) is 0 Å². The van der Waals surface area contributed by atoms with Crippen LogP contribution in [0.4, 0.5) is 0 Å². The van der Waals surface area contributed by atoms with Gasteiger partial charge in [-0.2, -0.15) is 0 Å². The Morgan fingerprint density at radius 1 is 0.867 bits per heavy atom. The summed E-state index contributed by atoms with van der Waals surface area (Å²) in [5, 5.41) is 20.8. The standard InChI is InChI=1S/C24H48O5Si/c1-8-9-10-11-12-13-14-15-16-27-24-23(26)22(25)21(29-24)17-28-30(18(2)3,19(4)5)20(6)7/h8,18-26H,1,9-17H2,2-7H3/t21-,22-,23-,24-/m1/s1. The summed E-state index contributed by atoms with van der Waals surface area (Å²) in [6.45, 7) is 18.0. The van der Waals surface area contributed by atoms with Crippen LogP contribution in [0.1, 0.15) is 86.5 Å². The van der Waals surface area contributed by atoms with Crippen molar-refractivity contribution in [3.63, 3.8) is 0 Å². The number of aliphatic hydroxyl groups is 2. The maximum Gasteiger partial charge on any atom is 0.200 e. The van der Waals surface area contributed by atoms with Gasteiger partial charge in [0, 0.05) is 6.61 Å².